The zero-order valence-electron chi connectivity index (χ0n) is 18.4. The molecule has 1 unspecified atom stereocenters. The van der Waals surface area contributed by atoms with Crippen LogP contribution in [0.3, 0.4) is 0 Å². The van der Waals surface area contributed by atoms with Gasteiger partial charge >= 0.3 is 0 Å². The molecule has 0 bridgehead atoms. The number of hydrogen-bond donors (Lipinski definition) is 5. The highest BCUT2D eigenvalue weighted by molar-refractivity contribution is 6.08. The van der Waals surface area contributed by atoms with Crippen molar-refractivity contribution in [3.05, 3.63) is 23.2 Å². The molecule has 0 aromatic carbocycles. The number of piperidine rings is 1. The van der Waals surface area contributed by atoms with Crippen molar-refractivity contribution in [1.82, 2.24) is 15.5 Å². The van der Waals surface area contributed by atoms with Gasteiger partial charge in [0.15, 0.2) is 0 Å². The Morgan fingerprint density at radius 3 is 2.43 bits per heavy atom. The van der Waals surface area contributed by atoms with Gasteiger partial charge in [0.25, 0.3) is 5.91 Å². The molecule has 1 saturated heterocycles. The van der Waals surface area contributed by atoms with Crippen LogP contribution in [0, 0.1) is 11.3 Å². The van der Waals surface area contributed by atoms with Crippen LogP contribution in [-0.4, -0.2) is 55.0 Å². The van der Waals surface area contributed by atoms with Crippen molar-refractivity contribution in [2.45, 2.75) is 76.5 Å². The van der Waals surface area contributed by atoms with E-state index < -0.39 is 0 Å². The number of nitrogens with one attached hydrogen (secondary N) is 3. The van der Waals surface area contributed by atoms with E-state index in [0.717, 1.165) is 25.8 Å². The van der Waals surface area contributed by atoms with E-state index in [1.807, 2.05) is 4.90 Å². The maximum Gasteiger partial charge on any atom is 0.260 e. The minimum atomic E-state index is -0.370. The lowest BCUT2D eigenvalue weighted by molar-refractivity contribution is -0.116. The first-order valence-electron chi connectivity index (χ1n) is 11.3. The standard InChI is InChI=1S/C22H38N6O2/c1-14(23)12-17(22(29)27-20(24)15-8-9-15)21(25)28-11-10-18(19(13-28)30-2)26-16-6-4-3-5-7-16/h12,15-16,18-19,26H,3-11,13,23,25H2,1-2H3,(H2,24,27,29)/b14-12-,21-17-/t18?,19-/m0/s1. The summed E-state index contributed by atoms with van der Waals surface area (Å²) in [5.41, 5.74) is 13.1. The van der Waals surface area contributed by atoms with Gasteiger partial charge in [0.2, 0.25) is 0 Å². The van der Waals surface area contributed by atoms with E-state index in [4.69, 9.17) is 21.6 Å². The number of amides is 1. The van der Waals surface area contributed by atoms with Crippen LogP contribution in [0.2, 0.25) is 0 Å². The number of methoxy groups -OCH3 is 1. The summed E-state index contributed by atoms with van der Waals surface area (Å²) in [5.74, 6) is 0.446. The van der Waals surface area contributed by atoms with Crippen LogP contribution >= 0.6 is 0 Å². The Morgan fingerprint density at radius 2 is 1.83 bits per heavy atom. The molecule has 0 aromatic heterocycles. The zero-order chi connectivity index (χ0) is 21.7. The molecule has 0 radical (unpaired) electrons. The number of carbonyl (C=O) groups is 1. The van der Waals surface area contributed by atoms with Gasteiger partial charge in [-0.1, -0.05) is 19.3 Å². The molecule has 0 spiro atoms. The molecule has 7 N–H and O–H groups in total. The van der Waals surface area contributed by atoms with Gasteiger partial charge in [-0.3, -0.25) is 10.2 Å². The highest BCUT2D eigenvalue weighted by Gasteiger charge is 2.33. The van der Waals surface area contributed by atoms with E-state index in [-0.39, 0.29) is 29.8 Å². The lowest BCUT2D eigenvalue weighted by Gasteiger charge is -2.41. The molecule has 3 aliphatic rings. The van der Waals surface area contributed by atoms with Crippen molar-refractivity contribution in [3.63, 3.8) is 0 Å². The molecule has 2 saturated carbocycles. The third-order valence-electron chi connectivity index (χ3n) is 6.38. The van der Waals surface area contributed by atoms with E-state index in [0.29, 0.717) is 29.7 Å². The number of rotatable bonds is 7. The summed E-state index contributed by atoms with van der Waals surface area (Å²) >= 11 is 0. The number of nitrogens with zero attached hydrogens (tertiary/aromatic N) is 1. The van der Waals surface area contributed by atoms with Gasteiger partial charge in [-0.25, -0.2) is 0 Å². The fourth-order valence-corrected chi connectivity index (χ4v) is 4.45. The van der Waals surface area contributed by atoms with Crippen molar-refractivity contribution < 1.29 is 9.53 Å². The van der Waals surface area contributed by atoms with E-state index in [2.05, 4.69) is 10.6 Å². The van der Waals surface area contributed by atoms with Gasteiger partial charge in [-0.2, -0.15) is 0 Å². The third-order valence-corrected chi connectivity index (χ3v) is 6.38. The summed E-state index contributed by atoms with van der Waals surface area (Å²) < 4.78 is 5.79. The minimum Gasteiger partial charge on any atom is -0.402 e. The smallest absolute Gasteiger partial charge is 0.260 e. The minimum absolute atomic E-state index is 0.00347. The first-order valence-corrected chi connectivity index (χ1v) is 11.3. The van der Waals surface area contributed by atoms with Crippen LogP contribution in [0.15, 0.2) is 23.2 Å². The van der Waals surface area contributed by atoms with Crippen LogP contribution < -0.4 is 22.1 Å². The maximum absolute atomic E-state index is 12.8. The van der Waals surface area contributed by atoms with Gasteiger partial charge in [-0.15, -0.1) is 0 Å². The normalized spacial score (nSPS) is 26.9. The Hall–Kier alpha value is -2.06. The maximum atomic E-state index is 12.8. The van der Waals surface area contributed by atoms with Crippen LogP contribution in [-0.2, 0) is 9.53 Å². The van der Waals surface area contributed by atoms with Gasteiger partial charge in [-0.05, 0) is 45.1 Å². The molecule has 0 aromatic rings. The average molecular weight is 419 g/mol. The Kier molecular flexibility index (Phi) is 7.77. The zero-order valence-corrected chi connectivity index (χ0v) is 18.4. The lowest BCUT2D eigenvalue weighted by Crippen LogP contribution is -2.56. The molecule has 3 fully saturated rings. The molecule has 2 atom stereocenters. The number of allylic oxidation sites excluding steroid dienone is 1. The second-order valence-electron chi connectivity index (χ2n) is 8.95. The van der Waals surface area contributed by atoms with Crippen LogP contribution in [0.25, 0.3) is 0 Å². The summed E-state index contributed by atoms with van der Waals surface area (Å²) in [4.78, 5) is 14.8. The van der Waals surface area contributed by atoms with Crippen molar-refractivity contribution in [1.29, 1.82) is 5.41 Å². The summed E-state index contributed by atoms with van der Waals surface area (Å²) in [7, 11) is 1.73. The van der Waals surface area contributed by atoms with E-state index in [1.54, 1.807) is 20.1 Å². The van der Waals surface area contributed by atoms with Crippen LogP contribution in [0.1, 0.15) is 58.3 Å². The third kappa shape index (κ3) is 5.98. The summed E-state index contributed by atoms with van der Waals surface area (Å²) in [6.07, 6.45) is 10.8. The van der Waals surface area contributed by atoms with Crippen molar-refractivity contribution >= 4 is 11.7 Å². The molecule has 8 nitrogen and oxygen atoms in total. The quantitative estimate of drug-likeness (QED) is 0.185. The number of hydrogen-bond acceptors (Lipinski definition) is 7. The monoisotopic (exact) mass is 418 g/mol. The summed E-state index contributed by atoms with van der Waals surface area (Å²) in [5, 5.41) is 14.5. The number of likely N-dealkylation sites (tertiary alicyclic amines) is 1. The molecule has 30 heavy (non-hydrogen) atoms. The number of ether oxygens (including phenoxy) is 1. The number of nitrogens with two attached hydrogens (primary N) is 2. The average Bonchev–Trinajstić information content (AvgIpc) is 3.58. The summed E-state index contributed by atoms with van der Waals surface area (Å²) in [6, 6.07) is 0.854. The van der Waals surface area contributed by atoms with E-state index in [9.17, 15) is 4.79 Å². The van der Waals surface area contributed by atoms with Crippen LogP contribution in [0.4, 0.5) is 0 Å². The molecular formula is C22H38N6O2. The predicted molar refractivity (Wildman–Crippen MR) is 119 cm³/mol. The second kappa shape index (κ2) is 10.3. The number of amidine groups is 1. The second-order valence-corrected chi connectivity index (χ2v) is 8.95. The van der Waals surface area contributed by atoms with Crippen LogP contribution in [0.5, 0.6) is 0 Å². The highest BCUT2D eigenvalue weighted by Crippen LogP contribution is 2.29. The van der Waals surface area contributed by atoms with Crippen molar-refractivity contribution in [2.75, 3.05) is 20.2 Å². The molecule has 1 amide bonds. The molecule has 8 heteroatoms. The largest absolute Gasteiger partial charge is 0.402 e. The van der Waals surface area contributed by atoms with Crippen molar-refractivity contribution in [3.8, 4) is 0 Å². The fourth-order valence-electron chi connectivity index (χ4n) is 4.45. The Bertz CT molecular complexity index is 690. The molecule has 168 valence electrons. The van der Waals surface area contributed by atoms with Crippen molar-refractivity contribution in [2.24, 2.45) is 17.4 Å². The predicted octanol–water partition coefficient (Wildman–Crippen LogP) is 1.53. The first kappa shape index (κ1) is 22.6. The van der Waals surface area contributed by atoms with E-state index in [1.165, 1.54) is 32.1 Å². The summed E-state index contributed by atoms with van der Waals surface area (Å²) in [6.45, 7) is 3.08. The Labute approximate surface area is 180 Å². The lowest BCUT2D eigenvalue weighted by atomic mass is 9.92. The first-order chi connectivity index (χ1) is 14.4. The topological polar surface area (TPSA) is 129 Å². The Morgan fingerprint density at radius 1 is 1.13 bits per heavy atom. The molecule has 3 rings (SSSR count). The Balaban J connectivity index is 1.69. The SMILES string of the molecule is CO[C@H]1CN(/C(N)=C(/C=C(/C)N)C(=O)NC(=N)C2CC2)CCC1NC1CCCCC1. The fraction of sp³-hybridized carbons (Fsp3) is 0.727. The van der Waals surface area contributed by atoms with Gasteiger partial charge < -0.3 is 31.7 Å². The van der Waals surface area contributed by atoms with Gasteiger partial charge in [0, 0.05) is 43.9 Å². The van der Waals surface area contributed by atoms with Gasteiger partial charge in [0.1, 0.15) is 11.7 Å². The van der Waals surface area contributed by atoms with Gasteiger partial charge in [0.05, 0.1) is 11.7 Å². The van der Waals surface area contributed by atoms with E-state index >= 15 is 0 Å². The molecular weight excluding hydrogens is 380 g/mol. The number of carbonyl (C=O) groups excluding carboxylic acids is 1. The molecule has 2 aliphatic carbocycles. The molecule has 1 heterocycles. The molecule has 1 aliphatic heterocycles. The highest BCUT2D eigenvalue weighted by atomic mass is 16.5.